The van der Waals surface area contributed by atoms with E-state index in [0.717, 1.165) is 31.4 Å². The molecule has 6 rings (SSSR count). The van der Waals surface area contributed by atoms with Crippen LogP contribution in [0.4, 0.5) is 0 Å². The van der Waals surface area contributed by atoms with Crippen molar-refractivity contribution < 1.29 is 43.6 Å². The molecule has 6 aliphatic rings. The van der Waals surface area contributed by atoms with Gasteiger partial charge in [-0.05, 0) is 142 Å². The molecule has 2 aliphatic heterocycles. The molecule has 2 N–H and O–H groups in total. The van der Waals surface area contributed by atoms with E-state index in [1.54, 1.807) is 13.8 Å². The van der Waals surface area contributed by atoms with Crippen molar-refractivity contribution in [3.63, 3.8) is 0 Å². The lowest BCUT2D eigenvalue weighted by Crippen LogP contribution is -2.50. The lowest BCUT2D eigenvalue weighted by atomic mass is 9.69. The van der Waals surface area contributed by atoms with Crippen LogP contribution in [-0.2, 0) is 33.4 Å². The molecular weight excluding hydrogens is 850 g/mol. The van der Waals surface area contributed by atoms with Gasteiger partial charge in [0.25, 0.3) is 0 Å². The highest BCUT2D eigenvalue weighted by atomic mass is 35.5. The van der Waals surface area contributed by atoms with Crippen LogP contribution in [0.15, 0.2) is 12.2 Å². The predicted octanol–water partition coefficient (Wildman–Crippen LogP) is 10.0. The Hall–Kier alpha value is -0.620. The van der Waals surface area contributed by atoms with Crippen molar-refractivity contribution in [3.05, 3.63) is 12.2 Å². The van der Waals surface area contributed by atoms with Gasteiger partial charge in [-0.3, -0.25) is 19.2 Å². The van der Waals surface area contributed by atoms with Crippen molar-refractivity contribution >= 4 is 69.5 Å². The standard InChI is InChI=1S/C14H23ClO3.C11H19ClO3.C11H17ClO2.C11H17ClO/c1-9-6-10(7-11(16)14(9,5)15)13(4)8-17-12(2,3)18-13;1-7-4-8(10(2,15)6-13)5-9(14)11(7,3)12;1-7-4-8(10(2)6-14-10)5-9(13)11(7,3)12;1-7(2)9-5-8(3)11(4,12)10(13)6-9/h9-10H,6-8H2,1-5H3;7-8,13,15H,4-6H2,1-3H3;7-8H,4-6H2,1-3H3;8-9H,1,5-6H2,2-4H3/t9-,10-,13?,14+;2*7-,8-,10?,11+;8-,9-,11+/m0000/s1. The van der Waals surface area contributed by atoms with E-state index >= 15 is 0 Å². The van der Waals surface area contributed by atoms with E-state index in [1.165, 1.54) is 0 Å². The number of Topliss-reactive ketones (excluding diaryl/α,β-unsaturated/α-hetero) is 4. The second-order valence-electron chi connectivity index (χ2n) is 21.2. The molecule has 346 valence electrons. The second-order valence-corrected chi connectivity index (χ2v) is 24.4. The van der Waals surface area contributed by atoms with Gasteiger partial charge in [-0.25, -0.2) is 0 Å². The SMILES string of the molecule is C=C(C)[C@@H]1CC(=O)[C@](C)(Cl)[C@@H](C)C1.C[C@H]1C[C@H](C(C)(O)CO)CC(=O)[C@]1(C)Cl.C[C@H]1C[C@H](C2(C)CO2)CC(=O)[C@]1(C)Cl.C[C@H]1C[C@H](C2(C)COC(C)(C)O2)CC(=O)[C@]1(C)Cl. The van der Waals surface area contributed by atoms with E-state index in [2.05, 4.69) is 20.4 Å². The molecule has 2 saturated heterocycles. The van der Waals surface area contributed by atoms with Gasteiger partial charge in [0.2, 0.25) is 0 Å². The number of aliphatic hydroxyl groups is 2. The van der Waals surface area contributed by atoms with Crippen molar-refractivity contribution in [2.24, 2.45) is 47.3 Å². The Morgan fingerprint density at radius 2 is 1.00 bits per heavy atom. The monoisotopic (exact) mass is 924 g/mol. The van der Waals surface area contributed by atoms with Crippen LogP contribution in [-0.4, -0.2) is 95.3 Å². The first-order valence-electron chi connectivity index (χ1n) is 21.9. The average Bonchev–Trinajstić information content (AvgIpc) is 3.81. The molecule has 0 aromatic rings. The van der Waals surface area contributed by atoms with Gasteiger partial charge in [0.05, 0.1) is 36.6 Å². The summed E-state index contributed by atoms with van der Waals surface area (Å²) >= 11 is 24.8. The van der Waals surface area contributed by atoms with E-state index in [-0.39, 0.29) is 82.9 Å². The number of ketones is 4. The van der Waals surface area contributed by atoms with Crippen molar-refractivity contribution in [2.45, 2.75) is 190 Å². The molecule has 6 fully saturated rings. The summed E-state index contributed by atoms with van der Waals surface area (Å²) in [6.45, 7) is 31.7. The molecule has 15 atom stereocenters. The Kier molecular flexibility index (Phi) is 17.1. The summed E-state index contributed by atoms with van der Waals surface area (Å²) in [7, 11) is 0. The minimum atomic E-state index is -1.18. The van der Waals surface area contributed by atoms with Gasteiger partial charge in [0, 0.05) is 25.7 Å². The largest absolute Gasteiger partial charge is 0.393 e. The smallest absolute Gasteiger partial charge is 0.163 e. The van der Waals surface area contributed by atoms with Gasteiger partial charge in [0.15, 0.2) is 28.9 Å². The maximum absolute atomic E-state index is 12.2. The molecular formula is C47H76Cl4O9. The van der Waals surface area contributed by atoms with Crippen LogP contribution in [0.3, 0.4) is 0 Å². The summed E-state index contributed by atoms with van der Waals surface area (Å²) in [5.74, 6) is 1.26. The van der Waals surface area contributed by atoms with Crippen LogP contribution < -0.4 is 0 Å². The number of rotatable bonds is 5. The number of epoxide rings is 1. The van der Waals surface area contributed by atoms with Gasteiger partial charge in [0.1, 0.15) is 19.5 Å². The third-order valence-electron chi connectivity index (χ3n) is 15.6. The van der Waals surface area contributed by atoms with Crippen molar-refractivity contribution in [1.82, 2.24) is 0 Å². The number of hydrogen-bond donors (Lipinski definition) is 2. The molecule has 4 saturated carbocycles. The van der Waals surface area contributed by atoms with Crippen molar-refractivity contribution in [1.29, 1.82) is 0 Å². The zero-order valence-electron chi connectivity index (χ0n) is 38.9. The zero-order valence-corrected chi connectivity index (χ0v) is 41.9. The van der Waals surface area contributed by atoms with Gasteiger partial charge < -0.3 is 24.4 Å². The number of allylic oxidation sites excluding steroid dienone is 1. The fourth-order valence-electron chi connectivity index (χ4n) is 9.12. The second kappa shape index (κ2) is 19.1. The Bertz CT molecular complexity index is 1600. The van der Waals surface area contributed by atoms with Gasteiger partial charge >= 0.3 is 0 Å². The molecule has 0 aromatic heterocycles. The Morgan fingerprint density at radius 1 is 0.633 bits per heavy atom. The number of alkyl halides is 4. The summed E-state index contributed by atoms with van der Waals surface area (Å²) < 4.78 is 17.1. The van der Waals surface area contributed by atoms with E-state index in [0.29, 0.717) is 44.1 Å². The number of carbonyl (C=O) groups excluding carboxylic acids is 4. The van der Waals surface area contributed by atoms with E-state index < -0.39 is 30.9 Å². The summed E-state index contributed by atoms with van der Waals surface area (Å²) in [6, 6.07) is 0. The highest BCUT2D eigenvalue weighted by Gasteiger charge is 2.55. The summed E-state index contributed by atoms with van der Waals surface area (Å²) in [6.07, 6.45) is 5.45. The summed E-state index contributed by atoms with van der Waals surface area (Å²) in [5, 5.41) is 19.0. The van der Waals surface area contributed by atoms with Crippen molar-refractivity contribution in [3.8, 4) is 0 Å². The normalized spacial score (nSPS) is 46.1. The molecule has 0 aromatic carbocycles. The number of aliphatic hydroxyl groups excluding tert-OH is 1. The molecule has 0 spiro atoms. The Morgan fingerprint density at radius 3 is 1.32 bits per heavy atom. The van der Waals surface area contributed by atoms with Crippen LogP contribution in [0, 0.1) is 47.3 Å². The molecule has 9 nitrogen and oxygen atoms in total. The first-order chi connectivity index (χ1) is 27.0. The molecule has 60 heavy (non-hydrogen) atoms. The fourth-order valence-corrected chi connectivity index (χ4v) is 9.78. The molecule has 3 unspecified atom stereocenters. The third-order valence-corrected chi connectivity index (χ3v) is 17.9. The molecule has 0 bridgehead atoms. The van der Waals surface area contributed by atoms with E-state index in [4.69, 9.17) is 65.7 Å². The van der Waals surface area contributed by atoms with Crippen LogP contribution in [0.1, 0.15) is 148 Å². The van der Waals surface area contributed by atoms with E-state index in [1.807, 2.05) is 69.2 Å². The fraction of sp³-hybridized carbons (Fsp3) is 0.872. The van der Waals surface area contributed by atoms with Gasteiger partial charge in [-0.15, -0.1) is 46.4 Å². The highest BCUT2D eigenvalue weighted by molar-refractivity contribution is 6.36. The van der Waals surface area contributed by atoms with Crippen LogP contribution in [0.25, 0.3) is 0 Å². The van der Waals surface area contributed by atoms with Gasteiger partial charge in [-0.1, -0.05) is 39.8 Å². The molecule has 4 aliphatic carbocycles. The topological polar surface area (TPSA) is 140 Å². The highest BCUT2D eigenvalue weighted by Crippen LogP contribution is 2.49. The maximum Gasteiger partial charge on any atom is 0.163 e. The number of hydrogen-bond acceptors (Lipinski definition) is 9. The van der Waals surface area contributed by atoms with Gasteiger partial charge in [-0.2, -0.15) is 0 Å². The molecule has 2 heterocycles. The first-order valence-corrected chi connectivity index (χ1v) is 23.4. The lowest BCUT2D eigenvalue weighted by molar-refractivity contribution is -0.174. The van der Waals surface area contributed by atoms with Crippen LogP contribution in [0.2, 0.25) is 0 Å². The summed E-state index contributed by atoms with van der Waals surface area (Å²) in [5.41, 5.74) is -0.484. The molecule has 13 heteroatoms. The zero-order chi connectivity index (χ0) is 46.4. The maximum atomic E-state index is 12.2. The average molecular weight is 927 g/mol. The Labute approximate surface area is 381 Å². The minimum absolute atomic E-state index is 0.0171. The predicted molar refractivity (Wildman–Crippen MR) is 241 cm³/mol. The minimum Gasteiger partial charge on any atom is -0.393 e. The van der Waals surface area contributed by atoms with Crippen molar-refractivity contribution in [2.75, 3.05) is 19.8 Å². The number of ether oxygens (including phenoxy) is 3. The molecule has 0 amide bonds. The van der Waals surface area contributed by atoms with Crippen LogP contribution >= 0.6 is 46.4 Å². The first kappa shape index (κ1) is 53.7. The lowest BCUT2D eigenvalue weighted by Gasteiger charge is -2.43. The van der Waals surface area contributed by atoms with Crippen LogP contribution in [0.5, 0.6) is 0 Å². The third kappa shape index (κ3) is 12.2. The number of carbonyl (C=O) groups is 4. The summed E-state index contributed by atoms with van der Waals surface area (Å²) in [4.78, 5) is 44.6. The quantitative estimate of drug-likeness (QED) is 0.157. The Balaban J connectivity index is 0.000000215. The molecule has 0 radical (unpaired) electrons. The van der Waals surface area contributed by atoms with E-state index in [9.17, 15) is 24.3 Å². The number of halogens is 4.